The van der Waals surface area contributed by atoms with Crippen LogP contribution in [0.3, 0.4) is 0 Å². The molecule has 10 heteroatoms. The third-order valence-corrected chi connectivity index (χ3v) is 3.88. The van der Waals surface area contributed by atoms with Crippen LogP contribution >= 0.6 is 0 Å². The first-order valence-corrected chi connectivity index (χ1v) is 7.98. The van der Waals surface area contributed by atoms with Crippen molar-refractivity contribution < 1.29 is 13.2 Å². The summed E-state index contributed by atoms with van der Waals surface area (Å²) >= 11 is 0. The van der Waals surface area contributed by atoms with Gasteiger partial charge in [0.2, 0.25) is 15.9 Å². The fraction of sp³-hybridized carbons (Fsp3) is 0.154. The highest BCUT2D eigenvalue weighted by Crippen LogP contribution is 2.08. The van der Waals surface area contributed by atoms with Gasteiger partial charge in [-0.15, -0.1) is 0 Å². The Kier molecular flexibility index (Phi) is 4.77. The van der Waals surface area contributed by atoms with Crippen LogP contribution in [-0.2, 0) is 27.9 Å². The molecule has 0 aliphatic rings. The van der Waals surface area contributed by atoms with Gasteiger partial charge in [-0.25, -0.2) is 18.4 Å². The Bertz CT molecular complexity index is 928. The van der Waals surface area contributed by atoms with Gasteiger partial charge in [0.25, 0.3) is 5.56 Å². The number of H-pyrrole nitrogens is 1. The number of aromatic amines is 1. The molecule has 2 aromatic rings. The molecular formula is C13H14N4O5S. The Labute approximate surface area is 130 Å². The lowest BCUT2D eigenvalue weighted by Gasteiger charge is -2.07. The molecule has 0 saturated heterocycles. The van der Waals surface area contributed by atoms with Gasteiger partial charge in [-0.05, 0) is 17.7 Å². The second kappa shape index (κ2) is 6.58. The molecule has 23 heavy (non-hydrogen) atoms. The van der Waals surface area contributed by atoms with Gasteiger partial charge in [0.05, 0.1) is 4.90 Å². The van der Waals surface area contributed by atoms with E-state index in [1.807, 2.05) is 4.98 Å². The van der Waals surface area contributed by atoms with Gasteiger partial charge in [-0.1, -0.05) is 12.1 Å². The minimum atomic E-state index is -3.75. The number of sulfonamides is 1. The molecule has 1 aromatic carbocycles. The van der Waals surface area contributed by atoms with E-state index < -0.39 is 27.2 Å². The molecule has 1 aromatic heterocycles. The smallest absolute Gasteiger partial charge is 0.328 e. The number of benzene rings is 1. The van der Waals surface area contributed by atoms with E-state index in [0.29, 0.717) is 5.56 Å². The van der Waals surface area contributed by atoms with Crippen LogP contribution in [0.2, 0.25) is 0 Å². The van der Waals surface area contributed by atoms with Crippen molar-refractivity contribution in [3.8, 4) is 0 Å². The summed E-state index contributed by atoms with van der Waals surface area (Å²) in [4.78, 5) is 36.1. The molecule has 9 nitrogen and oxygen atoms in total. The normalized spacial score (nSPS) is 11.2. The summed E-state index contributed by atoms with van der Waals surface area (Å²) in [5.41, 5.74) is -0.550. The molecule has 0 radical (unpaired) electrons. The Morgan fingerprint density at radius 3 is 2.39 bits per heavy atom. The van der Waals surface area contributed by atoms with Gasteiger partial charge in [-0.3, -0.25) is 19.1 Å². The lowest BCUT2D eigenvalue weighted by Crippen LogP contribution is -2.35. The van der Waals surface area contributed by atoms with Gasteiger partial charge in [-0.2, -0.15) is 0 Å². The summed E-state index contributed by atoms with van der Waals surface area (Å²) < 4.78 is 23.3. The van der Waals surface area contributed by atoms with E-state index in [9.17, 15) is 22.8 Å². The zero-order chi connectivity index (χ0) is 17.0. The number of nitrogens with one attached hydrogen (secondary N) is 2. The van der Waals surface area contributed by atoms with Gasteiger partial charge < -0.3 is 5.32 Å². The standard InChI is InChI=1S/C13H14N4O5S/c14-23(21,22)10-3-1-9(2-4-10)7-15-12(19)8-17-6-5-11(18)16-13(17)20/h1-6H,7-8H2,(H,15,19)(H2,14,21,22)(H,16,18,20). The summed E-state index contributed by atoms with van der Waals surface area (Å²) in [7, 11) is -3.75. The maximum Gasteiger partial charge on any atom is 0.328 e. The third kappa shape index (κ3) is 4.63. The van der Waals surface area contributed by atoms with Crippen LogP contribution < -0.4 is 21.7 Å². The van der Waals surface area contributed by atoms with Crippen molar-refractivity contribution >= 4 is 15.9 Å². The summed E-state index contributed by atoms with van der Waals surface area (Å²) in [6.07, 6.45) is 1.22. The number of nitrogens with two attached hydrogens (primary N) is 1. The number of amides is 1. The first-order chi connectivity index (χ1) is 10.8. The number of aromatic nitrogens is 2. The molecular weight excluding hydrogens is 324 g/mol. The van der Waals surface area contributed by atoms with Crippen molar-refractivity contribution in [2.24, 2.45) is 5.14 Å². The second-order valence-electron chi connectivity index (χ2n) is 4.70. The lowest BCUT2D eigenvalue weighted by molar-refractivity contribution is -0.121. The summed E-state index contributed by atoms with van der Waals surface area (Å²) in [6, 6.07) is 6.85. The van der Waals surface area contributed by atoms with E-state index in [2.05, 4.69) is 5.32 Å². The Morgan fingerprint density at radius 1 is 1.17 bits per heavy atom. The van der Waals surface area contributed by atoms with Crippen LogP contribution in [0.5, 0.6) is 0 Å². The zero-order valence-electron chi connectivity index (χ0n) is 11.9. The average molecular weight is 338 g/mol. The molecule has 0 bridgehead atoms. The molecule has 0 aliphatic heterocycles. The maximum absolute atomic E-state index is 11.8. The van der Waals surface area contributed by atoms with Crippen LogP contribution in [0.4, 0.5) is 0 Å². The highest BCUT2D eigenvalue weighted by atomic mass is 32.2. The van der Waals surface area contributed by atoms with Crippen LogP contribution in [0.15, 0.2) is 51.0 Å². The molecule has 0 unspecified atom stereocenters. The molecule has 0 fully saturated rings. The van der Waals surface area contributed by atoms with Crippen molar-refractivity contribution in [2.45, 2.75) is 18.0 Å². The predicted octanol–water partition coefficient (Wildman–Crippen LogP) is -1.50. The minimum Gasteiger partial charge on any atom is -0.350 e. The number of rotatable bonds is 5. The van der Waals surface area contributed by atoms with E-state index in [-0.39, 0.29) is 18.0 Å². The van der Waals surface area contributed by atoms with Crippen LogP contribution in [-0.4, -0.2) is 23.9 Å². The van der Waals surface area contributed by atoms with Crippen molar-refractivity contribution in [1.29, 1.82) is 0 Å². The fourth-order valence-corrected chi connectivity index (χ4v) is 2.29. The quantitative estimate of drug-likeness (QED) is 0.608. The number of hydrogen-bond acceptors (Lipinski definition) is 5. The van der Waals surface area contributed by atoms with Gasteiger partial charge in [0.15, 0.2) is 0 Å². The van der Waals surface area contributed by atoms with E-state index in [1.165, 1.54) is 30.5 Å². The zero-order valence-corrected chi connectivity index (χ0v) is 12.7. The summed E-state index contributed by atoms with van der Waals surface area (Å²) in [5.74, 6) is -0.435. The Hall–Kier alpha value is -2.72. The van der Waals surface area contributed by atoms with E-state index in [4.69, 9.17) is 5.14 Å². The third-order valence-electron chi connectivity index (χ3n) is 2.95. The average Bonchev–Trinajstić information content (AvgIpc) is 2.47. The minimum absolute atomic E-state index is 0.0210. The molecule has 1 amide bonds. The van der Waals surface area contributed by atoms with E-state index >= 15 is 0 Å². The van der Waals surface area contributed by atoms with Crippen molar-refractivity contribution in [3.05, 3.63) is 62.9 Å². The maximum atomic E-state index is 11.8. The van der Waals surface area contributed by atoms with Crippen LogP contribution in [0.25, 0.3) is 0 Å². The van der Waals surface area contributed by atoms with Crippen LogP contribution in [0, 0.1) is 0 Å². The van der Waals surface area contributed by atoms with Crippen LogP contribution in [0.1, 0.15) is 5.56 Å². The van der Waals surface area contributed by atoms with E-state index in [0.717, 1.165) is 10.6 Å². The van der Waals surface area contributed by atoms with Gasteiger partial charge in [0.1, 0.15) is 6.54 Å². The number of hydrogen-bond donors (Lipinski definition) is 3. The molecule has 0 saturated carbocycles. The number of nitrogens with zero attached hydrogens (tertiary/aromatic N) is 1. The van der Waals surface area contributed by atoms with E-state index in [1.54, 1.807) is 0 Å². The number of carbonyl (C=O) groups excluding carboxylic acids is 1. The highest BCUT2D eigenvalue weighted by Gasteiger charge is 2.08. The molecule has 122 valence electrons. The largest absolute Gasteiger partial charge is 0.350 e. The molecule has 4 N–H and O–H groups in total. The molecule has 2 rings (SSSR count). The van der Waals surface area contributed by atoms with Gasteiger partial charge >= 0.3 is 5.69 Å². The topological polar surface area (TPSA) is 144 Å². The van der Waals surface area contributed by atoms with Gasteiger partial charge in [0, 0.05) is 18.8 Å². The summed E-state index contributed by atoms with van der Waals surface area (Å²) in [5, 5.41) is 7.56. The predicted molar refractivity (Wildman–Crippen MR) is 81.0 cm³/mol. The summed E-state index contributed by atoms with van der Waals surface area (Å²) in [6.45, 7) is -0.0906. The monoisotopic (exact) mass is 338 g/mol. The Morgan fingerprint density at radius 2 is 1.83 bits per heavy atom. The molecule has 0 aliphatic carbocycles. The first-order valence-electron chi connectivity index (χ1n) is 6.44. The van der Waals surface area contributed by atoms with Crippen molar-refractivity contribution in [3.63, 3.8) is 0 Å². The Balaban J connectivity index is 1.96. The molecule has 0 atom stereocenters. The second-order valence-corrected chi connectivity index (χ2v) is 6.27. The lowest BCUT2D eigenvalue weighted by atomic mass is 10.2. The fourth-order valence-electron chi connectivity index (χ4n) is 1.78. The van der Waals surface area contributed by atoms with Crippen molar-refractivity contribution in [1.82, 2.24) is 14.9 Å². The molecule has 0 spiro atoms. The number of primary sulfonamides is 1. The molecule has 1 heterocycles. The van der Waals surface area contributed by atoms with Crippen molar-refractivity contribution in [2.75, 3.05) is 0 Å². The SMILES string of the molecule is NS(=O)(=O)c1ccc(CNC(=O)Cn2ccc(=O)[nH]c2=O)cc1. The first kappa shape index (κ1) is 16.6. The number of carbonyl (C=O) groups is 1. The highest BCUT2D eigenvalue weighted by molar-refractivity contribution is 7.89.